The minimum atomic E-state index is -1.41. The summed E-state index contributed by atoms with van der Waals surface area (Å²) in [4.78, 5) is 0. The Labute approximate surface area is 127 Å². The van der Waals surface area contributed by atoms with E-state index in [-0.39, 0.29) is 6.60 Å². The lowest BCUT2D eigenvalue weighted by Crippen LogP contribution is -2.30. The van der Waals surface area contributed by atoms with E-state index in [0.717, 1.165) is 24.4 Å². The quantitative estimate of drug-likeness (QED) is 0.571. The van der Waals surface area contributed by atoms with E-state index in [0.29, 0.717) is 17.8 Å². The molecule has 0 heterocycles. The molecule has 0 atom stereocenters. The molecule has 0 unspecified atom stereocenters. The SMILES string of the molecule is [B][B]B(Cc1cc(F)c(F)c(F)c1)CC1CCC(C)CC1. The minimum Gasteiger partial charge on any atom is -0.204 e. The molecular formula is C15H19B3F3. The van der Waals surface area contributed by atoms with E-state index in [9.17, 15) is 13.2 Å². The molecule has 1 aliphatic rings. The summed E-state index contributed by atoms with van der Waals surface area (Å²) in [7, 11) is 7.29. The maximum Gasteiger partial charge on any atom is 0.194 e. The Morgan fingerprint density at radius 2 is 1.71 bits per heavy atom. The Bertz CT molecular complexity index is 450. The lowest BCUT2D eigenvalue weighted by Gasteiger charge is -2.28. The van der Waals surface area contributed by atoms with Gasteiger partial charge in [0.1, 0.15) is 0 Å². The van der Waals surface area contributed by atoms with Gasteiger partial charge in [-0.25, -0.2) is 13.2 Å². The maximum atomic E-state index is 13.2. The first-order chi connectivity index (χ1) is 9.99. The fraction of sp³-hybridized carbons (Fsp3) is 0.600. The summed E-state index contributed by atoms with van der Waals surface area (Å²) in [6, 6.07) is 2.13. The summed E-state index contributed by atoms with van der Waals surface area (Å²) < 4.78 is 39.4. The number of hydrogen-bond acceptors (Lipinski definition) is 0. The summed E-state index contributed by atoms with van der Waals surface area (Å²) in [5.41, 5.74) is 0.460. The molecule has 6 heteroatoms. The van der Waals surface area contributed by atoms with Crippen molar-refractivity contribution < 1.29 is 13.2 Å². The van der Waals surface area contributed by atoms with Gasteiger partial charge >= 0.3 is 0 Å². The van der Waals surface area contributed by atoms with Gasteiger partial charge < -0.3 is 0 Å². The van der Waals surface area contributed by atoms with Gasteiger partial charge in [0.05, 0.1) is 6.60 Å². The van der Waals surface area contributed by atoms with Gasteiger partial charge in [-0.3, -0.25) is 0 Å². The van der Waals surface area contributed by atoms with Crippen molar-refractivity contribution in [2.75, 3.05) is 0 Å². The van der Waals surface area contributed by atoms with Crippen LogP contribution in [0.5, 0.6) is 0 Å². The Morgan fingerprint density at radius 3 is 2.24 bits per heavy atom. The van der Waals surface area contributed by atoms with Gasteiger partial charge in [0.2, 0.25) is 0 Å². The van der Waals surface area contributed by atoms with Crippen LogP contribution in [-0.2, 0) is 6.32 Å². The Morgan fingerprint density at radius 1 is 1.14 bits per heavy atom. The van der Waals surface area contributed by atoms with E-state index in [1.165, 1.54) is 25.7 Å². The predicted molar refractivity (Wildman–Crippen MR) is 83.2 cm³/mol. The van der Waals surface area contributed by atoms with E-state index < -0.39 is 17.5 Å². The normalized spacial score (nSPS) is 22.1. The third kappa shape index (κ3) is 4.59. The molecule has 2 rings (SSSR count). The van der Waals surface area contributed by atoms with Crippen molar-refractivity contribution in [1.82, 2.24) is 0 Å². The molecule has 0 saturated heterocycles. The summed E-state index contributed by atoms with van der Waals surface area (Å²) >= 11 is 0. The number of benzene rings is 1. The van der Waals surface area contributed by atoms with Gasteiger partial charge in [0.15, 0.2) is 17.5 Å². The monoisotopic (exact) mass is 289 g/mol. The summed E-state index contributed by atoms with van der Waals surface area (Å²) in [6.45, 7) is 2.35. The van der Waals surface area contributed by atoms with Gasteiger partial charge in [-0.1, -0.05) is 45.2 Å². The van der Waals surface area contributed by atoms with Gasteiger partial charge in [-0.15, -0.1) is 0 Å². The molecule has 0 aromatic heterocycles. The minimum absolute atomic E-state index is 0.0765. The highest BCUT2D eigenvalue weighted by atomic mass is 19.2. The standard InChI is InChI=1S/C15H19B3F3/c1-10-2-4-11(5-3-10)8-18(17-16)9-12-6-13(19)15(21)14(20)7-12/h6-7,10-11H,2-5,8-9H2,1H3. The molecule has 0 spiro atoms. The Kier molecular flexibility index (Phi) is 5.89. The first-order valence-electron chi connectivity index (χ1n) is 7.68. The summed E-state index contributed by atoms with van der Waals surface area (Å²) in [5.74, 6) is -2.25. The second kappa shape index (κ2) is 7.46. The van der Waals surface area contributed by atoms with E-state index in [1.807, 2.05) is 0 Å². The molecule has 1 aromatic rings. The zero-order chi connectivity index (χ0) is 15.4. The molecule has 1 saturated carbocycles. The van der Waals surface area contributed by atoms with E-state index in [4.69, 9.17) is 7.74 Å². The van der Waals surface area contributed by atoms with Gasteiger partial charge in [0.25, 0.3) is 0 Å². The lowest BCUT2D eigenvalue weighted by atomic mass is 9.11. The number of rotatable bonds is 5. The fourth-order valence-corrected chi connectivity index (χ4v) is 3.25. The first-order valence-corrected chi connectivity index (χ1v) is 7.68. The average Bonchev–Trinajstić information content (AvgIpc) is 2.46. The highest BCUT2D eigenvalue weighted by molar-refractivity contribution is 7.31. The van der Waals surface area contributed by atoms with E-state index >= 15 is 0 Å². The van der Waals surface area contributed by atoms with Crippen LogP contribution in [0.15, 0.2) is 12.1 Å². The molecule has 0 amide bonds. The summed E-state index contributed by atoms with van der Waals surface area (Å²) in [5, 5.41) is 0. The van der Waals surface area contributed by atoms with E-state index in [1.54, 1.807) is 7.06 Å². The molecule has 0 aliphatic heterocycles. The topological polar surface area (TPSA) is 0 Å². The molecule has 0 N–H and O–H groups in total. The fourth-order valence-electron chi connectivity index (χ4n) is 3.25. The lowest BCUT2D eigenvalue weighted by molar-refractivity contribution is 0.307. The van der Waals surface area contributed by atoms with Crippen molar-refractivity contribution >= 4 is 21.4 Å². The molecule has 0 bridgehead atoms. The van der Waals surface area contributed by atoms with Crippen molar-refractivity contribution in [2.45, 2.75) is 45.2 Å². The maximum absolute atomic E-state index is 13.2. The third-order valence-corrected chi connectivity index (χ3v) is 4.59. The van der Waals surface area contributed by atoms with Crippen molar-refractivity contribution in [2.24, 2.45) is 11.8 Å². The largest absolute Gasteiger partial charge is 0.204 e. The number of halogens is 3. The van der Waals surface area contributed by atoms with Gasteiger partial charge in [-0.2, -0.15) is 0 Å². The molecule has 21 heavy (non-hydrogen) atoms. The molecule has 1 fully saturated rings. The van der Waals surface area contributed by atoms with Crippen molar-refractivity contribution in [3.8, 4) is 0 Å². The van der Waals surface area contributed by atoms with Crippen molar-refractivity contribution in [3.63, 3.8) is 0 Å². The Hall–Kier alpha value is -0.795. The van der Waals surface area contributed by atoms with Crippen molar-refractivity contribution in [1.29, 1.82) is 0 Å². The van der Waals surface area contributed by atoms with Crippen LogP contribution in [0.1, 0.15) is 38.2 Å². The smallest absolute Gasteiger partial charge is 0.194 e. The van der Waals surface area contributed by atoms with Crippen LogP contribution in [0.25, 0.3) is 0 Å². The zero-order valence-electron chi connectivity index (χ0n) is 12.4. The first kappa shape index (κ1) is 16.6. The van der Waals surface area contributed by atoms with Crippen LogP contribution in [0.4, 0.5) is 13.2 Å². The third-order valence-electron chi connectivity index (χ3n) is 4.59. The molecule has 1 aromatic carbocycles. The Balaban J connectivity index is 1.96. The molecule has 0 nitrogen and oxygen atoms in total. The second-order valence-corrected chi connectivity index (χ2v) is 6.39. The van der Waals surface area contributed by atoms with E-state index in [2.05, 4.69) is 6.92 Å². The molecule has 3 radical (unpaired) electrons. The summed E-state index contributed by atoms with van der Waals surface area (Å²) in [6.07, 6.45) is 6.25. The van der Waals surface area contributed by atoms with Crippen LogP contribution in [0.3, 0.4) is 0 Å². The van der Waals surface area contributed by atoms with Crippen LogP contribution in [0, 0.1) is 29.3 Å². The van der Waals surface area contributed by atoms with Gasteiger partial charge in [0, 0.05) is 14.8 Å². The van der Waals surface area contributed by atoms with Gasteiger partial charge in [-0.05, 0) is 29.5 Å². The average molecular weight is 289 g/mol. The molecular weight excluding hydrogens is 270 g/mol. The predicted octanol–water partition coefficient (Wildman–Crippen LogP) is 3.79. The number of hydrogen-bond donors (Lipinski definition) is 0. The van der Waals surface area contributed by atoms with Crippen LogP contribution >= 0.6 is 0 Å². The zero-order valence-corrected chi connectivity index (χ0v) is 12.4. The highest BCUT2D eigenvalue weighted by Crippen LogP contribution is 2.31. The second-order valence-electron chi connectivity index (χ2n) is 6.39. The molecule has 109 valence electrons. The van der Waals surface area contributed by atoms with Crippen LogP contribution < -0.4 is 0 Å². The highest BCUT2D eigenvalue weighted by Gasteiger charge is 2.23. The molecule has 1 aliphatic carbocycles. The van der Waals surface area contributed by atoms with Crippen LogP contribution in [-0.4, -0.2) is 21.4 Å². The van der Waals surface area contributed by atoms with Crippen LogP contribution in [0.2, 0.25) is 6.32 Å². The van der Waals surface area contributed by atoms with Crippen molar-refractivity contribution in [3.05, 3.63) is 35.1 Å².